The SMILES string of the molecule is CCC(C)S(=O)(=O)c1ccc(SC/C(F)=C\CN)cc1.Cl. The smallest absolute Gasteiger partial charge is 0.180 e. The molecule has 0 aliphatic rings. The Labute approximate surface area is 136 Å². The minimum absolute atomic E-state index is 0. The van der Waals surface area contributed by atoms with Crippen LogP contribution < -0.4 is 5.73 Å². The normalized spacial score (nSPS) is 13.6. The molecule has 0 aliphatic heterocycles. The highest BCUT2D eigenvalue weighted by Gasteiger charge is 2.21. The molecule has 1 aromatic carbocycles. The van der Waals surface area contributed by atoms with Gasteiger partial charge in [0, 0.05) is 17.2 Å². The number of benzene rings is 1. The molecule has 0 bridgehead atoms. The Balaban J connectivity index is 0.00000400. The van der Waals surface area contributed by atoms with Gasteiger partial charge in [0.25, 0.3) is 0 Å². The number of hydrogen-bond donors (Lipinski definition) is 1. The molecule has 1 rings (SSSR count). The molecule has 21 heavy (non-hydrogen) atoms. The predicted molar refractivity (Wildman–Crippen MR) is 89.6 cm³/mol. The van der Waals surface area contributed by atoms with Crippen molar-refractivity contribution in [2.24, 2.45) is 5.73 Å². The Morgan fingerprint density at radius 2 is 1.95 bits per heavy atom. The first kappa shape index (κ1) is 20.4. The average molecular weight is 354 g/mol. The van der Waals surface area contributed by atoms with Crippen LogP contribution in [0.15, 0.2) is 46.0 Å². The third kappa shape index (κ3) is 5.98. The van der Waals surface area contributed by atoms with Crippen molar-refractivity contribution >= 4 is 34.0 Å². The topological polar surface area (TPSA) is 60.2 Å². The maximum Gasteiger partial charge on any atom is 0.180 e. The maximum absolute atomic E-state index is 13.2. The van der Waals surface area contributed by atoms with Crippen molar-refractivity contribution in [2.75, 3.05) is 12.3 Å². The van der Waals surface area contributed by atoms with E-state index in [1.54, 1.807) is 31.2 Å². The largest absolute Gasteiger partial charge is 0.327 e. The standard InChI is InChI=1S/C14H20FNO2S2.ClH/c1-3-11(2)20(17,18)14-6-4-13(5-7-14)19-10-12(15)8-9-16;/h4-8,11H,3,9-10,16H2,1-2H3;1H/b12-8+;. The van der Waals surface area contributed by atoms with E-state index in [9.17, 15) is 12.8 Å². The van der Waals surface area contributed by atoms with Gasteiger partial charge < -0.3 is 5.73 Å². The fourth-order valence-corrected chi connectivity index (χ4v) is 3.69. The maximum atomic E-state index is 13.2. The first-order valence-corrected chi connectivity index (χ1v) is 8.96. The summed E-state index contributed by atoms with van der Waals surface area (Å²) in [7, 11) is -3.26. The summed E-state index contributed by atoms with van der Waals surface area (Å²) in [6, 6.07) is 6.56. The van der Waals surface area contributed by atoms with Gasteiger partial charge in [0.2, 0.25) is 0 Å². The molecule has 2 N–H and O–H groups in total. The third-order valence-corrected chi connectivity index (χ3v) is 6.32. The summed E-state index contributed by atoms with van der Waals surface area (Å²) in [5, 5.41) is -0.397. The second kappa shape index (κ2) is 9.46. The van der Waals surface area contributed by atoms with Gasteiger partial charge in [-0.25, -0.2) is 12.8 Å². The lowest BCUT2D eigenvalue weighted by atomic mass is 10.4. The van der Waals surface area contributed by atoms with Crippen molar-refractivity contribution in [3.05, 3.63) is 36.2 Å². The van der Waals surface area contributed by atoms with E-state index in [-0.39, 0.29) is 30.5 Å². The van der Waals surface area contributed by atoms with E-state index in [0.29, 0.717) is 11.3 Å². The van der Waals surface area contributed by atoms with Crippen LogP contribution in [0.1, 0.15) is 20.3 Å². The van der Waals surface area contributed by atoms with Gasteiger partial charge in [0.05, 0.1) is 10.1 Å². The number of hydrogen-bond acceptors (Lipinski definition) is 4. The van der Waals surface area contributed by atoms with Crippen LogP contribution in [0.25, 0.3) is 0 Å². The predicted octanol–water partition coefficient (Wildman–Crippen LogP) is 3.58. The van der Waals surface area contributed by atoms with E-state index in [1.165, 1.54) is 17.8 Å². The highest BCUT2D eigenvalue weighted by molar-refractivity contribution is 7.99. The van der Waals surface area contributed by atoms with Crippen molar-refractivity contribution in [1.29, 1.82) is 0 Å². The molecular formula is C14H21ClFNO2S2. The first-order chi connectivity index (χ1) is 9.41. The number of rotatable bonds is 7. The van der Waals surface area contributed by atoms with Crippen LogP contribution in [0, 0.1) is 0 Å². The van der Waals surface area contributed by atoms with Gasteiger partial charge in [-0.15, -0.1) is 24.2 Å². The summed E-state index contributed by atoms with van der Waals surface area (Å²) in [6.45, 7) is 3.72. The van der Waals surface area contributed by atoms with Gasteiger partial charge >= 0.3 is 0 Å². The van der Waals surface area contributed by atoms with Crippen molar-refractivity contribution < 1.29 is 12.8 Å². The molecule has 1 atom stereocenters. The lowest BCUT2D eigenvalue weighted by molar-refractivity contribution is 0.581. The van der Waals surface area contributed by atoms with Crippen LogP contribution in [0.2, 0.25) is 0 Å². The zero-order valence-electron chi connectivity index (χ0n) is 12.1. The number of nitrogens with two attached hydrogens (primary N) is 1. The van der Waals surface area contributed by atoms with E-state index < -0.39 is 15.1 Å². The van der Waals surface area contributed by atoms with Crippen molar-refractivity contribution in [3.63, 3.8) is 0 Å². The van der Waals surface area contributed by atoms with E-state index in [1.807, 2.05) is 6.92 Å². The van der Waals surface area contributed by atoms with E-state index in [0.717, 1.165) is 4.90 Å². The molecule has 0 fully saturated rings. The molecule has 0 radical (unpaired) electrons. The van der Waals surface area contributed by atoms with Crippen molar-refractivity contribution in [3.8, 4) is 0 Å². The van der Waals surface area contributed by atoms with Gasteiger partial charge in [-0.2, -0.15) is 0 Å². The number of thioether (sulfide) groups is 1. The van der Waals surface area contributed by atoms with Gasteiger partial charge in [0.1, 0.15) is 5.83 Å². The van der Waals surface area contributed by atoms with Crippen LogP contribution in [0.4, 0.5) is 4.39 Å². The molecule has 0 saturated carbocycles. The lowest BCUT2D eigenvalue weighted by Gasteiger charge is -2.11. The highest BCUT2D eigenvalue weighted by Crippen LogP contribution is 2.24. The Morgan fingerprint density at radius 1 is 1.38 bits per heavy atom. The molecule has 0 heterocycles. The van der Waals surface area contributed by atoms with Crippen LogP contribution in [-0.2, 0) is 9.84 Å². The first-order valence-electron chi connectivity index (χ1n) is 6.43. The Morgan fingerprint density at radius 3 is 2.43 bits per heavy atom. The fourth-order valence-electron chi connectivity index (χ4n) is 1.52. The quantitative estimate of drug-likeness (QED) is 0.761. The van der Waals surface area contributed by atoms with E-state index >= 15 is 0 Å². The zero-order chi connectivity index (χ0) is 15.2. The molecule has 1 aromatic rings. The monoisotopic (exact) mass is 353 g/mol. The number of sulfone groups is 1. The van der Waals surface area contributed by atoms with Crippen molar-refractivity contribution in [1.82, 2.24) is 0 Å². The fraction of sp³-hybridized carbons (Fsp3) is 0.429. The van der Waals surface area contributed by atoms with Gasteiger partial charge in [-0.05, 0) is 43.7 Å². The van der Waals surface area contributed by atoms with Gasteiger partial charge in [-0.3, -0.25) is 0 Å². The third-order valence-electron chi connectivity index (χ3n) is 2.97. The van der Waals surface area contributed by atoms with Crippen LogP contribution in [0.3, 0.4) is 0 Å². The Kier molecular flexibility index (Phi) is 9.20. The number of halogens is 2. The molecule has 0 spiro atoms. The second-order valence-corrected chi connectivity index (χ2v) is 7.83. The minimum Gasteiger partial charge on any atom is -0.327 e. The highest BCUT2D eigenvalue weighted by atomic mass is 35.5. The molecular weight excluding hydrogens is 333 g/mol. The van der Waals surface area contributed by atoms with E-state index in [4.69, 9.17) is 5.73 Å². The molecule has 1 unspecified atom stereocenters. The van der Waals surface area contributed by atoms with E-state index in [2.05, 4.69) is 0 Å². The molecule has 120 valence electrons. The van der Waals surface area contributed by atoms with Crippen LogP contribution >= 0.6 is 24.2 Å². The molecule has 0 aliphatic carbocycles. The summed E-state index contributed by atoms with van der Waals surface area (Å²) in [5.74, 6) is -0.0666. The molecule has 7 heteroatoms. The molecule has 0 saturated heterocycles. The van der Waals surface area contributed by atoms with Gasteiger partial charge in [-0.1, -0.05) is 6.92 Å². The Bertz CT molecular complexity index is 559. The van der Waals surface area contributed by atoms with Crippen LogP contribution in [0.5, 0.6) is 0 Å². The molecule has 0 amide bonds. The summed E-state index contributed by atoms with van der Waals surface area (Å²) < 4.78 is 37.4. The molecule has 0 aromatic heterocycles. The van der Waals surface area contributed by atoms with Gasteiger partial charge in [0.15, 0.2) is 9.84 Å². The summed E-state index contributed by atoms with van der Waals surface area (Å²) in [6.07, 6.45) is 1.91. The minimum atomic E-state index is -3.26. The summed E-state index contributed by atoms with van der Waals surface area (Å²) in [4.78, 5) is 1.14. The van der Waals surface area contributed by atoms with Crippen molar-refractivity contribution in [2.45, 2.75) is 35.3 Å². The average Bonchev–Trinajstić information content (AvgIpc) is 2.45. The zero-order valence-corrected chi connectivity index (χ0v) is 14.5. The van der Waals surface area contributed by atoms with Crippen LogP contribution in [-0.4, -0.2) is 26.0 Å². The molecule has 3 nitrogen and oxygen atoms in total. The summed E-state index contributed by atoms with van der Waals surface area (Å²) in [5.41, 5.74) is 5.22. The second-order valence-electron chi connectivity index (χ2n) is 4.41. The summed E-state index contributed by atoms with van der Waals surface area (Å²) >= 11 is 1.31. The Hall–Kier alpha value is -0.560. The lowest BCUT2D eigenvalue weighted by Crippen LogP contribution is -2.16.